The molecule has 0 saturated heterocycles. The number of carbonyl (C=O) groups is 5. The average Bonchev–Trinajstić information content (AvgIpc) is 3.64. The molecule has 0 aromatic heterocycles. The molecule has 4 aromatic rings. The van der Waals surface area contributed by atoms with Gasteiger partial charge in [0, 0.05) is 54.2 Å². The van der Waals surface area contributed by atoms with Gasteiger partial charge in [-0.15, -0.1) is 0 Å². The molecule has 0 bridgehead atoms. The summed E-state index contributed by atoms with van der Waals surface area (Å²) in [6.45, 7) is 0. The first-order chi connectivity index (χ1) is 31.1. The maximum absolute atomic E-state index is 14.8. The quantitative estimate of drug-likeness (QED) is 0.0744. The van der Waals surface area contributed by atoms with Gasteiger partial charge in [-0.3, -0.25) is 14.4 Å². The van der Waals surface area contributed by atoms with Crippen molar-refractivity contribution in [3.63, 3.8) is 0 Å². The molecule has 13 N–H and O–H groups in total. The molecule has 0 spiro atoms. The fourth-order valence-electron chi connectivity index (χ4n) is 9.40. The van der Waals surface area contributed by atoms with Crippen molar-refractivity contribution in [2.45, 2.75) is 42.9 Å². The van der Waals surface area contributed by atoms with Crippen LogP contribution < -0.4 is 9.47 Å². The number of hydrogen-bond donors (Lipinski definition) is 13. The lowest BCUT2D eigenvalue weighted by atomic mass is 9.61. The molecule has 1 fully saturated rings. The van der Waals surface area contributed by atoms with Crippen LogP contribution in [0.5, 0.6) is 69.0 Å². The number of hydrogen-bond acceptors (Lipinski definition) is 22. The third-order valence-corrected chi connectivity index (χ3v) is 12.2. The molecule has 9 rings (SSSR count). The van der Waals surface area contributed by atoms with Crippen molar-refractivity contribution in [1.29, 1.82) is 0 Å². The van der Waals surface area contributed by atoms with E-state index in [0.29, 0.717) is 36.4 Å². The molecule has 3 aliphatic carbocycles. The van der Waals surface area contributed by atoms with Gasteiger partial charge in [0.15, 0.2) is 69.6 Å². The van der Waals surface area contributed by atoms with E-state index in [9.17, 15) is 90.4 Å². The number of phenols is 10. The van der Waals surface area contributed by atoms with Gasteiger partial charge >= 0.3 is 11.9 Å². The number of esters is 2. The lowest BCUT2D eigenvalue weighted by Gasteiger charge is -2.48. The summed E-state index contributed by atoms with van der Waals surface area (Å²) in [4.78, 5) is 70.0. The van der Waals surface area contributed by atoms with Gasteiger partial charge < -0.3 is 85.3 Å². The molecular weight excluding hydrogens is 880 g/mol. The van der Waals surface area contributed by atoms with Crippen molar-refractivity contribution < 1.29 is 109 Å². The third kappa shape index (κ3) is 6.02. The van der Waals surface area contributed by atoms with Gasteiger partial charge in [-0.1, -0.05) is 0 Å². The molecule has 66 heavy (non-hydrogen) atoms. The van der Waals surface area contributed by atoms with Crippen molar-refractivity contribution in [2.24, 2.45) is 11.3 Å². The molecule has 3 unspecified atom stereocenters. The SMILES string of the molecule is O=C1C(O)=CC2([C@H]3Oc4cc(O)cc(O)c4C[C@H]3OC(=O)c3cc(O)c(O)c(O)c3)C(=C1O)C(=O)C1(O)C(=O)C=C([C@H]3Oc4cc(O)cc(O)c4C[C@H]3OC(=O)c3cc(O)c(O)c(O)c3)C12. The number of rotatable bonds is 6. The Labute approximate surface area is 366 Å². The van der Waals surface area contributed by atoms with Crippen LogP contribution in [0.4, 0.5) is 0 Å². The Hall–Kier alpha value is -8.79. The number of fused-ring (bicyclic) bond motifs is 5. The van der Waals surface area contributed by atoms with Gasteiger partial charge in [0.25, 0.3) is 5.78 Å². The highest BCUT2D eigenvalue weighted by Crippen LogP contribution is 2.65. The Balaban J connectivity index is 1.25. The van der Waals surface area contributed by atoms with Crippen LogP contribution in [-0.4, -0.2) is 126 Å². The zero-order valence-corrected chi connectivity index (χ0v) is 33.1. The zero-order chi connectivity index (χ0) is 47.6. The van der Waals surface area contributed by atoms with Gasteiger partial charge in [0.2, 0.25) is 5.78 Å². The predicted octanol–water partition coefficient (Wildman–Crippen LogP) is 1.76. The first-order valence-corrected chi connectivity index (χ1v) is 19.3. The van der Waals surface area contributed by atoms with Crippen molar-refractivity contribution >= 4 is 29.3 Å². The van der Waals surface area contributed by atoms with Crippen LogP contribution in [0.15, 0.2) is 83.3 Å². The summed E-state index contributed by atoms with van der Waals surface area (Å²) in [7, 11) is 0. The second kappa shape index (κ2) is 14.4. The minimum absolute atomic E-state index is 0.111. The van der Waals surface area contributed by atoms with Crippen LogP contribution in [0.1, 0.15) is 31.8 Å². The number of aliphatic hydroxyl groups excluding tert-OH is 2. The minimum Gasteiger partial charge on any atom is -0.508 e. The molecule has 340 valence electrons. The lowest BCUT2D eigenvalue weighted by Crippen LogP contribution is -2.58. The van der Waals surface area contributed by atoms with Crippen molar-refractivity contribution in [1.82, 2.24) is 0 Å². The van der Waals surface area contributed by atoms with E-state index >= 15 is 0 Å². The highest BCUT2D eigenvalue weighted by Gasteiger charge is 2.77. The smallest absolute Gasteiger partial charge is 0.338 e. The van der Waals surface area contributed by atoms with Crippen LogP contribution in [0.25, 0.3) is 0 Å². The Bertz CT molecular complexity index is 2970. The zero-order valence-electron chi connectivity index (χ0n) is 33.1. The minimum atomic E-state index is -3.39. The van der Waals surface area contributed by atoms with E-state index in [0.717, 1.165) is 24.3 Å². The van der Waals surface area contributed by atoms with Crippen LogP contribution >= 0.6 is 0 Å². The Morgan fingerprint density at radius 3 is 1.59 bits per heavy atom. The summed E-state index contributed by atoms with van der Waals surface area (Å²) in [5, 5.41) is 139. The second-order valence-electron chi connectivity index (χ2n) is 16.0. The van der Waals surface area contributed by atoms with E-state index in [4.69, 9.17) is 18.9 Å². The fraction of sp³-hybridized carbons (Fsp3) is 0.205. The Morgan fingerprint density at radius 2 is 1.08 bits per heavy atom. The summed E-state index contributed by atoms with van der Waals surface area (Å²) in [5.74, 6) is -21.6. The molecule has 22 nitrogen and oxygen atoms in total. The monoisotopic (exact) mass is 912 g/mol. The molecule has 22 heteroatoms. The maximum atomic E-state index is 14.8. The number of Topliss-reactive ketones (excluding diaryl/α,β-unsaturated/α-hetero) is 2. The fourth-order valence-corrected chi connectivity index (χ4v) is 9.40. The predicted molar refractivity (Wildman–Crippen MR) is 211 cm³/mol. The van der Waals surface area contributed by atoms with Crippen LogP contribution in [0, 0.1) is 11.3 Å². The van der Waals surface area contributed by atoms with E-state index in [2.05, 4.69) is 0 Å². The number of ketones is 3. The molecule has 4 aromatic carbocycles. The molecule has 2 heterocycles. The van der Waals surface area contributed by atoms with Crippen molar-refractivity contribution in [2.75, 3.05) is 0 Å². The summed E-state index contributed by atoms with van der Waals surface area (Å²) in [5.41, 5.74) is -9.27. The summed E-state index contributed by atoms with van der Waals surface area (Å²) >= 11 is 0. The van der Waals surface area contributed by atoms with Gasteiger partial charge in [0.05, 0.1) is 22.1 Å². The first-order valence-electron chi connectivity index (χ1n) is 19.3. The molecule has 7 atom stereocenters. The Kier molecular flexibility index (Phi) is 9.25. The van der Waals surface area contributed by atoms with Gasteiger partial charge in [-0.2, -0.15) is 0 Å². The summed E-state index contributed by atoms with van der Waals surface area (Å²) < 4.78 is 24.1. The van der Waals surface area contributed by atoms with E-state index < -0.39 is 181 Å². The molecule has 0 radical (unpaired) electrons. The summed E-state index contributed by atoms with van der Waals surface area (Å²) in [6, 6.07) is 6.54. The lowest BCUT2D eigenvalue weighted by molar-refractivity contribution is -0.147. The van der Waals surface area contributed by atoms with E-state index in [1.54, 1.807) is 0 Å². The number of aliphatic hydroxyl groups is 3. The standard InChI is InChI=1S/C44H32O22/c45-15-5-20(47)17-9-29(65-41(60)13-1-22(49)33(55)23(50)2-13)37(63-27(17)7-15)19-11-31(54)44(62)38(19)43(12-26(53)35(57)36(58)32(43)39(44)59)40-30(10-18-21(48)6-16(46)8-28(18)64-40)66-42(61)14-3-24(51)34(56)25(52)4-14/h1-8,11-12,29-30,37-38,40,45-53,55-56,58,62H,9-10H2/t29-,30-,37-,38?,40+,43?,44?/m1/s1. The van der Waals surface area contributed by atoms with Crippen LogP contribution in [0.2, 0.25) is 0 Å². The van der Waals surface area contributed by atoms with Crippen LogP contribution in [-0.2, 0) is 36.7 Å². The van der Waals surface area contributed by atoms with Gasteiger partial charge in [-0.25, -0.2) is 9.59 Å². The molecule has 2 aliphatic heterocycles. The van der Waals surface area contributed by atoms with Crippen molar-refractivity contribution in [3.05, 3.63) is 106 Å². The van der Waals surface area contributed by atoms with Gasteiger partial charge in [0.1, 0.15) is 46.7 Å². The van der Waals surface area contributed by atoms with Gasteiger partial charge in [-0.05, 0) is 42.0 Å². The van der Waals surface area contributed by atoms with Crippen LogP contribution in [0.3, 0.4) is 0 Å². The van der Waals surface area contributed by atoms with Crippen molar-refractivity contribution in [3.8, 4) is 69.0 Å². The first kappa shape index (κ1) is 42.5. The third-order valence-electron chi connectivity index (χ3n) is 12.2. The normalized spacial score (nSPS) is 26.2. The molecule has 0 amide bonds. The number of aromatic hydroxyl groups is 10. The van der Waals surface area contributed by atoms with E-state index in [1.165, 1.54) is 0 Å². The second-order valence-corrected chi connectivity index (χ2v) is 16.0. The number of phenolic OH excluding ortho intramolecular Hbond substituents is 10. The topological polar surface area (TPSA) is 385 Å². The summed E-state index contributed by atoms with van der Waals surface area (Å²) in [6.07, 6.45) is -7.67. The highest BCUT2D eigenvalue weighted by atomic mass is 16.6. The number of benzene rings is 4. The average molecular weight is 913 g/mol. The molecular formula is C44H32O22. The Morgan fingerprint density at radius 1 is 0.606 bits per heavy atom. The van der Waals surface area contributed by atoms with E-state index in [-0.39, 0.29) is 16.9 Å². The highest BCUT2D eigenvalue weighted by molar-refractivity contribution is 6.29. The molecule has 1 saturated carbocycles. The maximum Gasteiger partial charge on any atom is 0.338 e. The molecule has 5 aliphatic rings. The number of ether oxygens (including phenoxy) is 4. The van der Waals surface area contributed by atoms with E-state index in [1.807, 2.05) is 0 Å². The number of carbonyl (C=O) groups excluding carboxylic acids is 5. The largest absolute Gasteiger partial charge is 0.508 e.